The molecule has 43 heavy (non-hydrogen) atoms. The van der Waals surface area contributed by atoms with Crippen molar-refractivity contribution in [2.45, 2.75) is 45.8 Å². The van der Waals surface area contributed by atoms with Gasteiger partial charge < -0.3 is 14.4 Å². The first-order chi connectivity index (χ1) is 20.8. The first-order valence-corrected chi connectivity index (χ1v) is 13.9. The van der Waals surface area contributed by atoms with Gasteiger partial charge in [-0.2, -0.15) is 10.2 Å². The van der Waals surface area contributed by atoms with E-state index in [1.165, 1.54) is 30.5 Å². The van der Waals surface area contributed by atoms with Gasteiger partial charge in [0, 0.05) is 30.3 Å². The van der Waals surface area contributed by atoms with Crippen molar-refractivity contribution in [3.8, 4) is 23.3 Å². The van der Waals surface area contributed by atoms with E-state index in [1.807, 2.05) is 6.07 Å². The number of aromatic nitrogens is 4. The lowest BCUT2D eigenvalue weighted by Crippen LogP contribution is -2.14. The molecule has 1 aliphatic rings. The number of carboxylic acid groups (broad SMARTS) is 1. The minimum Gasteiger partial charge on any atom is -0.478 e. The van der Waals surface area contributed by atoms with E-state index in [0.29, 0.717) is 34.7 Å². The van der Waals surface area contributed by atoms with Gasteiger partial charge in [0.2, 0.25) is 0 Å². The fourth-order valence-corrected chi connectivity index (χ4v) is 5.22. The van der Waals surface area contributed by atoms with Crippen LogP contribution in [0.5, 0.6) is 6.01 Å². The van der Waals surface area contributed by atoms with Crippen LogP contribution in [0.15, 0.2) is 66.9 Å². The average molecular weight is 580 g/mol. The van der Waals surface area contributed by atoms with Crippen LogP contribution in [0.25, 0.3) is 22.3 Å². The number of nitriles is 1. The molecule has 0 aliphatic heterocycles. The molecule has 0 saturated heterocycles. The zero-order valence-electron chi connectivity index (χ0n) is 23.3. The van der Waals surface area contributed by atoms with Gasteiger partial charge in [0.25, 0.3) is 0 Å². The number of aromatic carboxylic acids is 1. The summed E-state index contributed by atoms with van der Waals surface area (Å²) in [7, 11) is 0. The van der Waals surface area contributed by atoms with Crippen LogP contribution in [0.4, 0.5) is 8.78 Å². The molecule has 216 valence electrons. The zero-order chi connectivity index (χ0) is 30.1. The van der Waals surface area contributed by atoms with Crippen molar-refractivity contribution in [1.82, 2.24) is 19.5 Å². The van der Waals surface area contributed by atoms with E-state index in [0.717, 1.165) is 30.8 Å². The number of hydrogen-bond donors (Lipinski definition) is 1. The molecular formula is C33H27F2N5O3. The van der Waals surface area contributed by atoms with Crippen LogP contribution < -0.4 is 4.74 Å². The van der Waals surface area contributed by atoms with Crippen LogP contribution in [0.1, 0.15) is 59.1 Å². The van der Waals surface area contributed by atoms with Crippen molar-refractivity contribution in [3.63, 3.8) is 0 Å². The van der Waals surface area contributed by atoms with Gasteiger partial charge in [-0.15, -0.1) is 0 Å². The van der Waals surface area contributed by atoms with E-state index in [1.54, 1.807) is 30.3 Å². The number of carbonyl (C=O) groups is 1. The molecule has 5 aromatic rings. The van der Waals surface area contributed by atoms with Crippen LogP contribution in [-0.2, 0) is 19.6 Å². The van der Waals surface area contributed by atoms with Crippen LogP contribution in [0.2, 0.25) is 0 Å². The van der Waals surface area contributed by atoms with E-state index in [4.69, 9.17) is 15.0 Å². The molecule has 0 unspecified atom stereocenters. The molecule has 1 N–H and O–H groups in total. The van der Waals surface area contributed by atoms with Crippen LogP contribution in [-0.4, -0.2) is 30.6 Å². The van der Waals surface area contributed by atoms with Gasteiger partial charge in [-0.05, 0) is 72.7 Å². The molecule has 10 heteroatoms. The second kappa shape index (κ2) is 11.2. The summed E-state index contributed by atoms with van der Waals surface area (Å²) in [4.78, 5) is 24.8. The largest absolute Gasteiger partial charge is 0.478 e. The summed E-state index contributed by atoms with van der Waals surface area (Å²) >= 11 is 0. The van der Waals surface area contributed by atoms with Gasteiger partial charge in [-0.25, -0.2) is 23.5 Å². The number of fused-ring (bicyclic) bond motifs is 1. The molecule has 1 fully saturated rings. The molecule has 0 spiro atoms. The minimum absolute atomic E-state index is 0.00474. The first-order valence-electron chi connectivity index (χ1n) is 13.9. The number of hydrogen-bond acceptors (Lipinski definition) is 6. The second-order valence-electron chi connectivity index (χ2n) is 10.9. The third-order valence-corrected chi connectivity index (χ3v) is 8.14. The summed E-state index contributed by atoms with van der Waals surface area (Å²) in [5.41, 5.74) is 3.61. The molecule has 6 rings (SSSR count). The summed E-state index contributed by atoms with van der Waals surface area (Å²) in [6.45, 7) is 2.72. The topological polar surface area (TPSA) is 114 Å². The van der Waals surface area contributed by atoms with Gasteiger partial charge in [-0.1, -0.05) is 25.1 Å². The monoisotopic (exact) mass is 579 g/mol. The van der Waals surface area contributed by atoms with E-state index in [9.17, 15) is 14.3 Å². The minimum atomic E-state index is -1.01. The molecule has 0 bridgehead atoms. The van der Waals surface area contributed by atoms with Crippen molar-refractivity contribution in [3.05, 3.63) is 107 Å². The summed E-state index contributed by atoms with van der Waals surface area (Å²) in [6, 6.07) is 17.3. The Hall–Kier alpha value is -5.17. The molecule has 2 aromatic heterocycles. The van der Waals surface area contributed by atoms with Gasteiger partial charge >= 0.3 is 12.0 Å². The predicted molar refractivity (Wildman–Crippen MR) is 154 cm³/mol. The maximum Gasteiger partial charge on any atom is 0.335 e. The zero-order valence-corrected chi connectivity index (χ0v) is 23.3. The smallest absolute Gasteiger partial charge is 0.335 e. The van der Waals surface area contributed by atoms with Crippen LogP contribution in [0.3, 0.4) is 0 Å². The van der Waals surface area contributed by atoms with Crippen molar-refractivity contribution in [2.75, 3.05) is 0 Å². The standard InChI is InChI=1S/C33H27F2N5O3/c1-2-33(10-11-33)19-40-29-15-23(31(41)42)7-8-28(29)38-30(40)16-21-5-6-22(14-26(21)35)27-9-12-37-32(39-27)43-18-24-4-3-20(17-36)13-25(24)34/h3-9,12-15H,2,10-11,16,18-19H2,1H3,(H,41,42). The molecule has 8 nitrogen and oxygen atoms in total. The Morgan fingerprint density at radius 1 is 1.05 bits per heavy atom. The third-order valence-electron chi connectivity index (χ3n) is 8.14. The molecule has 1 saturated carbocycles. The normalized spacial score (nSPS) is 13.5. The number of benzene rings is 3. The quantitative estimate of drug-likeness (QED) is 0.196. The lowest BCUT2D eigenvalue weighted by Gasteiger charge is -2.17. The highest BCUT2D eigenvalue weighted by molar-refractivity contribution is 5.92. The number of rotatable bonds is 10. The maximum atomic E-state index is 15.5. The summed E-state index contributed by atoms with van der Waals surface area (Å²) < 4.78 is 37.4. The summed E-state index contributed by atoms with van der Waals surface area (Å²) in [5, 5.41) is 18.4. The lowest BCUT2D eigenvalue weighted by atomic mass is 10.0. The molecule has 0 atom stereocenters. The number of carboxylic acids is 1. The van der Waals surface area contributed by atoms with E-state index in [2.05, 4.69) is 21.5 Å². The Kier molecular flexibility index (Phi) is 7.32. The fraction of sp³-hybridized carbons (Fsp3) is 0.242. The van der Waals surface area contributed by atoms with Gasteiger partial charge in [-0.3, -0.25) is 0 Å². The Labute approximate surface area is 246 Å². The van der Waals surface area contributed by atoms with E-state index in [-0.39, 0.29) is 41.1 Å². The number of halogens is 2. The van der Waals surface area contributed by atoms with E-state index >= 15 is 4.39 Å². The number of imidazole rings is 1. The highest BCUT2D eigenvalue weighted by Gasteiger charge is 2.41. The highest BCUT2D eigenvalue weighted by Crippen LogP contribution is 2.50. The van der Waals surface area contributed by atoms with Crippen LogP contribution in [0, 0.1) is 28.4 Å². The average Bonchev–Trinajstić information content (AvgIpc) is 3.72. The number of nitrogens with zero attached hydrogens (tertiary/aromatic N) is 5. The SMILES string of the molecule is CCC1(Cn2c(Cc3ccc(-c4ccnc(OCc5ccc(C#N)cc5F)n4)cc3F)nc3ccc(C(=O)O)cc32)CC1. The highest BCUT2D eigenvalue weighted by atomic mass is 19.1. The predicted octanol–water partition coefficient (Wildman–Crippen LogP) is 6.70. The Balaban J connectivity index is 1.24. The third kappa shape index (κ3) is 5.79. The Bertz CT molecular complexity index is 1910. The van der Waals surface area contributed by atoms with Gasteiger partial charge in [0.15, 0.2) is 0 Å². The van der Waals surface area contributed by atoms with Crippen molar-refractivity contribution >= 4 is 17.0 Å². The first kappa shape index (κ1) is 28.0. The van der Waals surface area contributed by atoms with Crippen molar-refractivity contribution in [1.29, 1.82) is 5.26 Å². The molecule has 0 amide bonds. The summed E-state index contributed by atoms with van der Waals surface area (Å²) in [5.74, 6) is -1.32. The van der Waals surface area contributed by atoms with E-state index < -0.39 is 17.6 Å². The Morgan fingerprint density at radius 3 is 2.53 bits per heavy atom. The van der Waals surface area contributed by atoms with Gasteiger partial charge in [0.05, 0.1) is 33.9 Å². The number of ether oxygens (including phenoxy) is 1. The molecule has 2 heterocycles. The van der Waals surface area contributed by atoms with Crippen molar-refractivity contribution < 1.29 is 23.4 Å². The van der Waals surface area contributed by atoms with Crippen LogP contribution >= 0.6 is 0 Å². The Morgan fingerprint density at radius 2 is 1.84 bits per heavy atom. The molecular weight excluding hydrogens is 552 g/mol. The van der Waals surface area contributed by atoms with Crippen molar-refractivity contribution in [2.24, 2.45) is 5.41 Å². The molecule has 3 aromatic carbocycles. The maximum absolute atomic E-state index is 15.5. The fourth-order valence-electron chi connectivity index (χ4n) is 5.22. The van der Waals surface area contributed by atoms with Gasteiger partial charge in [0.1, 0.15) is 24.1 Å². The second-order valence-corrected chi connectivity index (χ2v) is 10.9. The lowest BCUT2D eigenvalue weighted by molar-refractivity contribution is 0.0697. The molecule has 0 radical (unpaired) electrons. The molecule has 1 aliphatic carbocycles. The summed E-state index contributed by atoms with van der Waals surface area (Å²) in [6.07, 6.45) is 4.90.